The molecule has 9 nitrogen and oxygen atoms in total. The molecule has 3 aliphatic rings. The second-order valence-electron chi connectivity index (χ2n) is 10.5. The summed E-state index contributed by atoms with van der Waals surface area (Å²) < 4.78 is 0. The number of nitrogens with one attached hydrogen (secondary N) is 4. The quantitative estimate of drug-likeness (QED) is 0.401. The van der Waals surface area contributed by atoms with Crippen molar-refractivity contribution >= 4 is 23.6 Å². The van der Waals surface area contributed by atoms with E-state index in [1.54, 1.807) is 6.20 Å². The molecule has 3 aliphatic carbocycles. The summed E-state index contributed by atoms with van der Waals surface area (Å²) in [7, 11) is 2.06. The molecule has 0 unspecified atom stereocenters. The molecule has 4 N–H and O–H groups in total. The van der Waals surface area contributed by atoms with Crippen molar-refractivity contribution in [2.24, 2.45) is 0 Å². The van der Waals surface area contributed by atoms with Crippen LogP contribution in [0.2, 0.25) is 0 Å². The van der Waals surface area contributed by atoms with E-state index >= 15 is 0 Å². The summed E-state index contributed by atoms with van der Waals surface area (Å²) >= 11 is 0. The summed E-state index contributed by atoms with van der Waals surface area (Å²) in [5, 5.41) is 17.2. The molecule has 0 radical (unpaired) electrons. The van der Waals surface area contributed by atoms with Crippen molar-refractivity contribution in [1.82, 2.24) is 30.8 Å². The topological polar surface area (TPSA) is 111 Å². The zero-order valence-corrected chi connectivity index (χ0v) is 20.7. The molecule has 2 amide bonds. The Bertz CT molecular complexity index is 1190. The fourth-order valence-electron chi connectivity index (χ4n) is 5.57. The summed E-state index contributed by atoms with van der Waals surface area (Å²) in [5.41, 5.74) is 3.89. The number of aromatic nitrogens is 4. The number of aromatic amines is 1. The zero-order valence-electron chi connectivity index (χ0n) is 20.7. The van der Waals surface area contributed by atoms with Gasteiger partial charge < -0.3 is 20.9 Å². The Morgan fingerprint density at radius 2 is 1.67 bits per heavy atom. The number of hydrogen-bond acceptors (Lipinski definition) is 6. The normalized spacial score (nSPS) is 21.6. The molecule has 0 atom stereocenters. The highest BCUT2D eigenvalue weighted by atomic mass is 16.2. The van der Waals surface area contributed by atoms with Gasteiger partial charge in [0, 0.05) is 49.0 Å². The van der Waals surface area contributed by atoms with Crippen LogP contribution in [0, 0.1) is 0 Å². The first-order valence-corrected chi connectivity index (χ1v) is 13.1. The number of fused-ring (bicyclic) bond motifs is 1. The summed E-state index contributed by atoms with van der Waals surface area (Å²) in [4.78, 5) is 24.0. The van der Waals surface area contributed by atoms with Crippen LogP contribution in [0.3, 0.4) is 0 Å². The van der Waals surface area contributed by atoms with Gasteiger partial charge in [-0.25, -0.2) is 9.78 Å². The van der Waals surface area contributed by atoms with Gasteiger partial charge in [0.05, 0.1) is 0 Å². The molecule has 0 saturated heterocycles. The minimum absolute atomic E-state index is 0.0464. The van der Waals surface area contributed by atoms with Gasteiger partial charge in [0.15, 0.2) is 5.82 Å². The SMILES string of the molecule is CN(c1nccc(Nc2cc(C3CC3)[nH]n2)n1)C1CCC(NC(=O)NC2Cc3ccccc3C2)CC1. The van der Waals surface area contributed by atoms with Gasteiger partial charge in [0.25, 0.3) is 0 Å². The molecule has 9 heteroatoms. The number of rotatable bonds is 7. The van der Waals surface area contributed by atoms with Gasteiger partial charge in [0.2, 0.25) is 5.95 Å². The number of amides is 2. The third-order valence-corrected chi connectivity index (χ3v) is 7.80. The van der Waals surface area contributed by atoms with E-state index in [0.717, 1.165) is 50.2 Å². The van der Waals surface area contributed by atoms with Gasteiger partial charge in [0.1, 0.15) is 5.82 Å². The van der Waals surface area contributed by atoms with Crippen LogP contribution in [0.1, 0.15) is 61.3 Å². The second kappa shape index (κ2) is 9.79. The fraction of sp³-hybridized carbons (Fsp3) is 0.481. The lowest BCUT2D eigenvalue weighted by atomic mass is 9.90. The van der Waals surface area contributed by atoms with Crippen LogP contribution in [0.25, 0.3) is 0 Å². The molecule has 0 aliphatic heterocycles. The summed E-state index contributed by atoms with van der Waals surface area (Å²) in [6, 6.07) is 13.1. The largest absolute Gasteiger partial charge is 0.341 e. The van der Waals surface area contributed by atoms with Crippen LogP contribution < -0.4 is 20.9 Å². The van der Waals surface area contributed by atoms with Gasteiger partial charge in [-0.05, 0) is 68.6 Å². The lowest BCUT2D eigenvalue weighted by molar-refractivity contribution is 0.227. The summed E-state index contributed by atoms with van der Waals surface area (Å²) in [6.07, 6.45) is 9.96. The molecule has 2 saturated carbocycles. The van der Waals surface area contributed by atoms with E-state index in [0.29, 0.717) is 17.9 Å². The van der Waals surface area contributed by atoms with Crippen molar-refractivity contribution in [1.29, 1.82) is 0 Å². The maximum absolute atomic E-state index is 12.6. The first-order chi connectivity index (χ1) is 17.6. The van der Waals surface area contributed by atoms with Crippen molar-refractivity contribution in [3.05, 3.63) is 59.4 Å². The maximum Gasteiger partial charge on any atom is 0.315 e. The summed E-state index contributed by atoms with van der Waals surface area (Å²) in [5.74, 6) is 2.86. The van der Waals surface area contributed by atoms with Gasteiger partial charge in [-0.3, -0.25) is 5.10 Å². The molecule has 188 valence electrons. The molecule has 0 bridgehead atoms. The van der Waals surface area contributed by atoms with Crippen LogP contribution in [-0.2, 0) is 12.8 Å². The Morgan fingerprint density at radius 1 is 0.944 bits per heavy atom. The van der Waals surface area contributed by atoms with Gasteiger partial charge >= 0.3 is 6.03 Å². The smallest absolute Gasteiger partial charge is 0.315 e. The molecule has 2 fully saturated rings. The highest BCUT2D eigenvalue weighted by molar-refractivity contribution is 5.74. The molecule has 3 aromatic rings. The Hall–Kier alpha value is -3.62. The number of hydrogen-bond donors (Lipinski definition) is 4. The van der Waals surface area contributed by atoms with Crippen LogP contribution in [-0.4, -0.2) is 51.4 Å². The van der Waals surface area contributed by atoms with E-state index in [2.05, 4.69) is 73.4 Å². The Labute approximate surface area is 211 Å². The van der Waals surface area contributed by atoms with Crippen molar-refractivity contribution in [3.63, 3.8) is 0 Å². The Morgan fingerprint density at radius 3 is 2.39 bits per heavy atom. The third-order valence-electron chi connectivity index (χ3n) is 7.80. The molecule has 1 aromatic carbocycles. The number of benzene rings is 1. The molecule has 2 aromatic heterocycles. The second-order valence-corrected chi connectivity index (χ2v) is 10.5. The van der Waals surface area contributed by atoms with E-state index < -0.39 is 0 Å². The Kier molecular flexibility index (Phi) is 6.21. The van der Waals surface area contributed by atoms with Gasteiger partial charge in [-0.2, -0.15) is 10.1 Å². The van der Waals surface area contributed by atoms with Gasteiger partial charge in [-0.1, -0.05) is 24.3 Å². The lowest BCUT2D eigenvalue weighted by Crippen LogP contribution is -2.49. The minimum Gasteiger partial charge on any atom is -0.341 e. The first-order valence-electron chi connectivity index (χ1n) is 13.1. The predicted molar refractivity (Wildman–Crippen MR) is 140 cm³/mol. The highest BCUT2D eigenvalue weighted by Gasteiger charge is 2.28. The molecular formula is C27H34N8O. The number of anilines is 3. The average molecular weight is 487 g/mol. The fourth-order valence-corrected chi connectivity index (χ4v) is 5.57. The van der Waals surface area contributed by atoms with Crippen LogP contribution in [0.4, 0.5) is 22.4 Å². The average Bonchev–Trinajstić information content (AvgIpc) is 3.50. The molecule has 6 rings (SSSR count). The summed E-state index contributed by atoms with van der Waals surface area (Å²) in [6.45, 7) is 0. The lowest BCUT2D eigenvalue weighted by Gasteiger charge is -2.35. The van der Waals surface area contributed by atoms with E-state index in [-0.39, 0.29) is 18.1 Å². The number of nitrogens with zero attached hydrogens (tertiary/aromatic N) is 4. The van der Waals surface area contributed by atoms with E-state index in [4.69, 9.17) is 4.98 Å². The maximum atomic E-state index is 12.6. The number of H-pyrrole nitrogens is 1. The highest BCUT2D eigenvalue weighted by Crippen LogP contribution is 2.39. The van der Waals surface area contributed by atoms with Crippen molar-refractivity contribution in [3.8, 4) is 0 Å². The van der Waals surface area contributed by atoms with Crippen molar-refractivity contribution in [2.45, 2.75) is 75.4 Å². The molecule has 2 heterocycles. The Balaban J connectivity index is 0.976. The first kappa shape index (κ1) is 22.8. The van der Waals surface area contributed by atoms with Gasteiger partial charge in [-0.15, -0.1) is 0 Å². The molecular weight excluding hydrogens is 452 g/mol. The van der Waals surface area contributed by atoms with Crippen molar-refractivity contribution in [2.75, 3.05) is 17.3 Å². The molecule has 0 spiro atoms. The van der Waals surface area contributed by atoms with E-state index in [9.17, 15) is 4.79 Å². The zero-order chi connectivity index (χ0) is 24.5. The van der Waals surface area contributed by atoms with E-state index in [1.807, 2.05) is 6.07 Å². The predicted octanol–water partition coefficient (Wildman–Crippen LogP) is 4.03. The minimum atomic E-state index is -0.0464. The van der Waals surface area contributed by atoms with Crippen molar-refractivity contribution < 1.29 is 4.79 Å². The monoisotopic (exact) mass is 486 g/mol. The number of carbonyl (C=O) groups is 1. The van der Waals surface area contributed by atoms with E-state index in [1.165, 1.54) is 29.7 Å². The van der Waals surface area contributed by atoms with Crippen LogP contribution in [0.5, 0.6) is 0 Å². The molecule has 36 heavy (non-hydrogen) atoms. The standard InChI is InChI=1S/C27H34N8O/c1-35(26-28-13-12-24(32-26)31-25-16-23(33-34-25)17-6-7-17)22-10-8-20(9-11-22)29-27(36)30-21-14-18-4-2-3-5-19(18)15-21/h2-5,12-13,16-17,20-22H,6-11,14-15H2,1H3,(H2,29,30,36)(H2,28,31,32,33,34). The third kappa shape index (κ3) is 5.15. The van der Waals surface area contributed by atoms with Crippen LogP contribution in [0.15, 0.2) is 42.6 Å². The number of urea groups is 1. The van der Waals surface area contributed by atoms with Crippen LogP contribution >= 0.6 is 0 Å². The number of carbonyl (C=O) groups excluding carboxylic acids is 1.